The van der Waals surface area contributed by atoms with Gasteiger partial charge in [0, 0.05) is 6.04 Å². The van der Waals surface area contributed by atoms with Gasteiger partial charge in [0.25, 0.3) is 0 Å². The van der Waals surface area contributed by atoms with Crippen LogP contribution in [0.15, 0.2) is 54.6 Å². The number of benzene rings is 2. The van der Waals surface area contributed by atoms with E-state index in [0.29, 0.717) is 0 Å². The molecular formula is C16H19NO. The lowest BCUT2D eigenvalue weighted by molar-refractivity contribution is 0.153. The van der Waals surface area contributed by atoms with Gasteiger partial charge in [-0.2, -0.15) is 0 Å². The Morgan fingerprint density at radius 3 is 2.33 bits per heavy atom. The molecule has 0 fully saturated rings. The van der Waals surface area contributed by atoms with Crippen LogP contribution in [0.4, 0.5) is 0 Å². The molecule has 0 saturated carbocycles. The van der Waals surface area contributed by atoms with E-state index in [1.807, 2.05) is 43.3 Å². The van der Waals surface area contributed by atoms with Gasteiger partial charge in [-0.05, 0) is 30.0 Å². The molecule has 2 rings (SSSR count). The third kappa shape index (κ3) is 3.19. The summed E-state index contributed by atoms with van der Waals surface area (Å²) in [6, 6.07) is 18.0. The third-order valence-electron chi connectivity index (χ3n) is 3.04. The third-order valence-corrected chi connectivity index (χ3v) is 3.04. The molecule has 18 heavy (non-hydrogen) atoms. The molecule has 0 saturated heterocycles. The van der Waals surface area contributed by atoms with Crippen molar-refractivity contribution >= 4 is 0 Å². The zero-order chi connectivity index (χ0) is 13.0. The molecule has 94 valence electrons. The Morgan fingerprint density at radius 1 is 1.00 bits per heavy atom. The normalized spacial score (nSPS) is 14.2. The predicted octanol–water partition coefficient (Wildman–Crippen LogP) is 2.66. The van der Waals surface area contributed by atoms with Crippen LogP contribution in [-0.2, 0) is 6.42 Å². The van der Waals surface area contributed by atoms with Crippen molar-refractivity contribution in [3.63, 3.8) is 0 Å². The Morgan fingerprint density at radius 2 is 1.67 bits per heavy atom. The van der Waals surface area contributed by atoms with Gasteiger partial charge in [0.1, 0.15) is 0 Å². The number of aliphatic hydroxyl groups is 1. The monoisotopic (exact) mass is 241 g/mol. The quantitative estimate of drug-likeness (QED) is 0.864. The summed E-state index contributed by atoms with van der Waals surface area (Å²) in [7, 11) is 0. The van der Waals surface area contributed by atoms with E-state index in [1.165, 1.54) is 11.1 Å². The van der Waals surface area contributed by atoms with Gasteiger partial charge in [-0.25, -0.2) is 0 Å². The minimum absolute atomic E-state index is 0.253. The van der Waals surface area contributed by atoms with Crippen molar-refractivity contribution < 1.29 is 5.11 Å². The van der Waals surface area contributed by atoms with Crippen LogP contribution < -0.4 is 5.73 Å². The van der Waals surface area contributed by atoms with E-state index >= 15 is 0 Å². The minimum atomic E-state index is -0.597. The summed E-state index contributed by atoms with van der Waals surface area (Å²) in [5, 5.41) is 9.96. The first kappa shape index (κ1) is 12.8. The molecule has 2 aromatic rings. The molecule has 0 aliphatic heterocycles. The highest BCUT2D eigenvalue weighted by Crippen LogP contribution is 2.18. The fourth-order valence-electron chi connectivity index (χ4n) is 2.02. The first-order valence-electron chi connectivity index (χ1n) is 6.23. The van der Waals surface area contributed by atoms with Gasteiger partial charge in [0.15, 0.2) is 0 Å². The van der Waals surface area contributed by atoms with Gasteiger partial charge in [-0.15, -0.1) is 0 Å². The molecule has 2 nitrogen and oxygen atoms in total. The van der Waals surface area contributed by atoms with Gasteiger partial charge in [0.05, 0.1) is 6.10 Å². The average molecular weight is 241 g/mol. The van der Waals surface area contributed by atoms with E-state index in [-0.39, 0.29) is 6.04 Å². The van der Waals surface area contributed by atoms with Crippen LogP contribution in [0.2, 0.25) is 0 Å². The molecule has 2 atom stereocenters. The molecule has 3 N–H and O–H groups in total. The lowest BCUT2D eigenvalue weighted by atomic mass is 9.98. The summed E-state index contributed by atoms with van der Waals surface area (Å²) in [4.78, 5) is 0. The average Bonchev–Trinajstić information content (AvgIpc) is 2.39. The van der Waals surface area contributed by atoms with E-state index < -0.39 is 6.10 Å². The summed E-state index contributed by atoms with van der Waals surface area (Å²) >= 11 is 0. The molecule has 0 bridgehead atoms. The molecule has 0 aromatic heterocycles. The second-order valence-corrected chi connectivity index (χ2v) is 4.71. The molecule has 0 heterocycles. The molecular weight excluding hydrogens is 222 g/mol. The maximum Gasteiger partial charge on any atom is 0.0938 e. The van der Waals surface area contributed by atoms with Crippen molar-refractivity contribution in [1.29, 1.82) is 0 Å². The number of nitrogens with two attached hydrogens (primary N) is 1. The van der Waals surface area contributed by atoms with Crippen LogP contribution in [0, 0.1) is 0 Å². The van der Waals surface area contributed by atoms with Crippen LogP contribution in [-0.4, -0.2) is 11.1 Å². The van der Waals surface area contributed by atoms with Gasteiger partial charge >= 0.3 is 0 Å². The predicted molar refractivity (Wildman–Crippen MR) is 74.3 cm³/mol. The molecule has 0 aliphatic rings. The molecule has 2 aromatic carbocycles. The second-order valence-electron chi connectivity index (χ2n) is 4.71. The highest BCUT2D eigenvalue weighted by molar-refractivity contribution is 5.30. The Kier molecular flexibility index (Phi) is 4.13. The number of rotatable bonds is 4. The van der Waals surface area contributed by atoms with E-state index in [2.05, 4.69) is 18.2 Å². The first-order valence-corrected chi connectivity index (χ1v) is 6.23. The molecule has 0 amide bonds. The summed E-state index contributed by atoms with van der Waals surface area (Å²) < 4.78 is 0. The van der Waals surface area contributed by atoms with Crippen LogP contribution in [0.5, 0.6) is 0 Å². The highest BCUT2D eigenvalue weighted by atomic mass is 16.3. The molecule has 0 radical (unpaired) electrons. The Balaban J connectivity index is 2.18. The molecule has 0 spiro atoms. The number of aliphatic hydroxyl groups excluding tert-OH is 1. The van der Waals surface area contributed by atoms with Crippen LogP contribution in [0.25, 0.3) is 0 Å². The SMILES string of the molecule is C[C@H](N)C(O)c1cccc(Cc2ccccc2)c1. The van der Waals surface area contributed by atoms with Crippen LogP contribution in [0.3, 0.4) is 0 Å². The fourth-order valence-corrected chi connectivity index (χ4v) is 2.02. The van der Waals surface area contributed by atoms with E-state index in [0.717, 1.165) is 12.0 Å². The smallest absolute Gasteiger partial charge is 0.0938 e. The van der Waals surface area contributed by atoms with E-state index in [1.54, 1.807) is 0 Å². The maximum atomic E-state index is 9.96. The maximum absolute atomic E-state index is 9.96. The lowest BCUT2D eigenvalue weighted by Gasteiger charge is -2.15. The summed E-state index contributed by atoms with van der Waals surface area (Å²) in [5.74, 6) is 0. The van der Waals surface area contributed by atoms with Crippen molar-refractivity contribution in [3.05, 3.63) is 71.3 Å². The van der Waals surface area contributed by atoms with Gasteiger partial charge in [0.2, 0.25) is 0 Å². The zero-order valence-electron chi connectivity index (χ0n) is 10.6. The van der Waals surface area contributed by atoms with Crippen molar-refractivity contribution in [3.8, 4) is 0 Å². The van der Waals surface area contributed by atoms with Gasteiger partial charge < -0.3 is 10.8 Å². The van der Waals surface area contributed by atoms with E-state index in [9.17, 15) is 5.11 Å². The molecule has 2 heteroatoms. The Hall–Kier alpha value is -1.64. The summed E-state index contributed by atoms with van der Waals surface area (Å²) in [6.07, 6.45) is 0.279. The Bertz CT molecular complexity index is 493. The van der Waals surface area contributed by atoms with Gasteiger partial charge in [-0.1, -0.05) is 54.6 Å². The Labute approximate surface area is 108 Å². The largest absolute Gasteiger partial charge is 0.387 e. The van der Waals surface area contributed by atoms with Crippen molar-refractivity contribution in [2.75, 3.05) is 0 Å². The molecule has 1 unspecified atom stereocenters. The van der Waals surface area contributed by atoms with E-state index in [4.69, 9.17) is 5.73 Å². The zero-order valence-corrected chi connectivity index (χ0v) is 10.6. The van der Waals surface area contributed by atoms with Crippen molar-refractivity contribution in [2.45, 2.75) is 25.5 Å². The second kappa shape index (κ2) is 5.80. The fraction of sp³-hybridized carbons (Fsp3) is 0.250. The summed E-state index contributed by atoms with van der Waals surface area (Å²) in [6.45, 7) is 1.81. The number of hydrogen-bond acceptors (Lipinski definition) is 2. The van der Waals surface area contributed by atoms with Crippen molar-refractivity contribution in [2.24, 2.45) is 5.73 Å². The molecule has 0 aliphatic carbocycles. The lowest BCUT2D eigenvalue weighted by Crippen LogP contribution is -2.24. The summed E-state index contributed by atoms with van der Waals surface area (Å²) in [5.41, 5.74) is 9.07. The van der Waals surface area contributed by atoms with Crippen LogP contribution >= 0.6 is 0 Å². The standard InChI is InChI=1S/C16H19NO/c1-12(17)16(18)15-9-5-8-14(11-15)10-13-6-3-2-4-7-13/h2-9,11-12,16,18H,10,17H2,1H3/t12-,16?/m0/s1. The van der Waals surface area contributed by atoms with Crippen LogP contribution in [0.1, 0.15) is 29.7 Å². The highest BCUT2D eigenvalue weighted by Gasteiger charge is 2.12. The topological polar surface area (TPSA) is 46.2 Å². The minimum Gasteiger partial charge on any atom is -0.387 e. The van der Waals surface area contributed by atoms with Crippen molar-refractivity contribution in [1.82, 2.24) is 0 Å². The number of hydrogen-bond donors (Lipinski definition) is 2. The first-order chi connectivity index (χ1) is 8.66. The van der Waals surface area contributed by atoms with Gasteiger partial charge in [-0.3, -0.25) is 0 Å².